The van der Waals surface area contributed by atoms with Gasteiger partial charge in [0, 0.05) is 19.3 Å². The molecule has 0 aromatic rings. The predicted molar refractivity (Wildman–Crippen MR) is 322 cm³/mol. The van der Waals surface area contributed by atoms with Gasteiger partial charge < -0.3 is 39.0 Å². The number of unbranched alkanes of at least 4 members (excludes halogenated alkanes) is 40. The quantitative estimate of drug-likeness (QED) is 0.0228. The molecule has 3 N–H and O–H groups in total. The number of carboxylic acids is 1. The first-order valence-electron chi connectivity index (χ1n) is 33.3. The van der Waals surface area contributed by atoms with E-state index in [1.54, 1.807) is 0 Å². The number of aliphatic hydroxyl groups excluding tert-OH is 2. The van der Waals surface area contributed by atoms with Crippen molar-refractivity contribution in [2.45, 2.75) is 366 Å². The van der Waals surface area contributed by atoms with Crippen LogP contribution < -0.4 is 0 Å². The van der Waals surface area contributed by atoms with Gasteiger partial charge in [0.1, 0.15) is 18.8 Å². The Bertz CT molecular complexity index is 1470. The molecule has 0 bridgehead atoms. The highest BCUT2D eigenvalue weighted by molar-refractivity contribution is 5.74. The second-order valence-corrected chi connectivity index (χ2v) is 23.1. The van der Waals surface area contributed by atoms with Crippen LogP contribution in [0.4, 0.5) is 0 Å². The third kappa shape index (κ3) is 45.4. The maximum Gasteiger partial charge on any atom is 0.335 e. The first-order valence-corrected chi connectivity index (χ1v) is 33.3. The Kier molecular flexibility index (Phi) is 52.3. The minimum Gasteiger partial charge on any atom is -0.479 e. The van der Waals surface area contributed by atoms with E-state index in [0.29, 0.717) is 19.3 Å². The van der Waals surface area contributed by atoms with Crippen molar-refractivity contribution in [1.29, 1.82) is 0 Å². The van der Waals surface area contributed by atoms with E-state index in [1.165, 1.54) is 186 Å². The van der Waals surface area contributed by atoms with E-state index in [2.05, 4.69) is 45.1 Å². The summed E-state index contributed by atoms with van der Waals surface area (Å²) in [4.78, 5) is 51.3. The van der Waals surface area contributed by atoms with Gasteiger partial charge in [-0.2, -0.15) is 0 Å². The van der Waals surface area contributed by atoms with Crippen LogP contribution in [-0.4, -0.2) is 89.2 Å². The van der Waals surface area contributed by atoms with Crippen molar-refractivity contribution in [2.24, 2.45) is 0 Å². The summed E-state index contributed by atoms with van der Waals surface area (Å²) >= 11 is 0. The minimum absolute atomic E-state index is 0.0550. The molecule has 12 nitrogen and oxygen atoms in total. The van der Waals surface area contributed by atoms with E-state index >= 15 is 0 Å². The molecule has 462 valence electrons. The molecule has 0 spiro atoms. The highest BCUT2D eigenvalue weighted by Gasteiger charge is 2.50. The number of hydrogen-bond donors (Lipinski definition) is 3. The van der Waals surface area contributed by atoms with E-state index in [1.807, 2.05) is 0 Å². The van der Waals surface area contributed by atoms with Crippen LogP contribution in [0.2, 0.25) is 0 Å². The van der Waals surface area contributed by atoms with Gasteiger partial charge in [-0.3, -0.25) is 14.4 Å². The molecule has 1 saturated heterocycles. The topological polar surface area (TPSA) is 175 Å². The molecule has 12 heteroatoms. The van der Waals surface area contributed by atoms with Crippen LogP contribution >= 0.6 is 0 Å². The summed E-state index contributed by atoms with van der Waals surface area (Å²) in [5.74, 6) is -3.09. The van der Waals surface area contributed by atoms with Gasteiger partial charge in [0.05, 0.1) is 6.61 Å². The van der Waals surface area contributed by atoms with E-state index in [0.717, 1.165) is 83.5 Å². The number of carbonyl (C=O) groups is 4. The molecule has 79 heavy (non-hydrogen) atoms. The largest absolute Gasteiger partial charge is 0.479 e. The molecule has 6 atom stereocenters. The van der Waals surface area contributed by atoms with Crippen LogP contribution in [-0.2, 0) is 42.9 Å². The minimum atomic E-state index is -1.90. The van der Waals surface area contributed by atoms with Crippen molar-refractivity contribution in [1.82, 2.24) is 0 Å². The zero-order valence-electron chi connectivity index (χ0n) is 51.1. The van der Waals surface area contributed by atoms with Crippen molar-refractivity contribution >= 4 is 23.9 Å². The molecule has 1 aliphatic heterocycles. The number of aliphatic carboxylic acids is 1. The molecule has 1 heterocycles. The summed E-state index contributed by atoms with van der Waals surface area (Å²) in [6, 6.07) is 0. The lowest BCUT2D eigenvalue weighted by Crippen LogP contribution is -2.61. The predicted octanol–water partition coefficient (Wildman–Crippen LogP) is 17.8. The second kappa shape index (κ2) is 55.7. The van der Waals surface area contributed by atoms with Crippen LogP contribution in [0.15, 0.2) is 24.3 Å². The zero-order valence-corrected chi connectivity index (χ0v) is 51.1. The lowest BCUT2D eigenvalue weighted by Gasteiger charge is -2.40. The molecule has 0 aromatic heterocycles. The van der Waals surface area contributed by atoms with Crippen LogP contribution in [0.5, 0.6) is 0 Å². The van der Waals surface area contributed by atoms with Gasteiger partial charge in [0.25, 0.3) is 0 Å². The highest BCUT2D eigenvalue weighted by atomic mass is 16.7. The summed E-state index contributed by atoms with van der Waals surface area (Å²) in [7, 11) is 0. The molecule has 1 rings (SSSR count). The third-order valence-electron chi connectivity index (χ3n) is 15.5. The lowest BCUT2D eigenvalue weighted by molar-refractivity contribution is -0.301. The molecule has 6 unspecified atom stereocenters. The number of aliphatic hydroxyl groups is 2. The summed E-state index contributed by atoms with van der Waals surface area (Å²) in [5.41, 5.74) is 0. The van der Waals surface area contributed by atoms with Crippen molar-refractivity contribution in [2.75, 3.05) is 13.2 Å². The summed E-state index contributed by atoms with van der Waals surface area (Å²) < 4.78 is 28.6. The Morgan fingerprint density at radius 2 is 0.722 bits per heavy atom. The fraction of sp³-hybridized carbons (Fsp3) is 0.881. The Labute approximate surface area is 483 Å². The van der Waals surface area contributed by atoms with Gasteiger partial charge in [-0.1, -0.05) is 263 Å². The standard InChI is InChI=1S/C67H122O12/c1-4-7-10-13-16-19-22-25-28-30-33-35-38-41-44-47-50-53-59(68)75-56-58(77-60(69)54-51-48-45-42-39-37-34-31-29-26-23-20-17-14-11-8-5-2)57-76-67-65(63(72)62(71)64(79-67)66(73)74)78-61(70)55-52-49-46-43-40-36-32-27-24-21-18-15-12-9-6-3/h25,27-28,32,58,62-65,67,71-72H,4-24,26,29-31,33-57H2,1-3H3,(H,73,74)/b28-25-,32-27-. The molecule has 0 radical (unpaired) electrons. The Hall–Kier alpha value is -2.80. The molecular formula is C67H122O12. The molecule has 1 aliphatic rings. The number of hydrogen-bond acceptors (Lipinski definition) is 11. The average molecular weight is 1120 g/mol. The molecule has 1 fully saturated rings. The number of rotatable bonds is 58. The molecule has 0 saturated carbocycles. The Balaban J connectivity index is 2.65. The maximum absolute atomic E-state index is 13.2. The molecule has 0 aliphatic carbocycles. The smallest absolute Gasteiger partial charge is 0.335 e. The van der Waals surface area contributed by atoms with Crippen LogP contribution in [0.3, 0.4) is 0 Å². The number of carboxylic acid groups (broad SMARTS) is 1. The van der Waals surface area contributed by atoms with E-state index in [9.17, 15) is 34.5 Å². The monoisotopic (exact) mass is 1120 g/mol. The highest BCUT2D eigenvalue weighted by Crippen LogP contribution is 2.27. The van der Waals surface area contributed by atoms with Gasteiger partial charge >= 0.3 is 23.9 Å². The SMILES string of the molecule is CCCCCCCC/C=C\CCCCCCCCCC(=O)OCC(COC1OC(C(=O)O)C(O)C(O)C1OC(=O)CCCCCCC/C=C\CCCCCCCC)OC(=O)CCCCCCCCCCCCCCCCCCC. The van der Waals surface area contributed by atoms with Gasteiger partial charge in [0.15, 0.2) is 24.6 Å². The zero-order chi connectivity index (χ0) is 57.5. The summed E-state index contributed by atoms with van der Waals surface area (Å²) in [6.45, 7) is 6.04. The number of ether oxygens (including phenoxy) is 5. The van der Waals surface area contributed by atoms with Crippen LogP contribution in [0.1, 0.15) is 329 Å². The van der Waals surface area contributed by atoms with Crippen LogP contribution in [0, 0.1) is 0 Å². The summed E-state index contributed by atoms with van der Waals surface area (Å²) in [6.07, 6.45) is 52.8. The third-order valence-corrected chi connectivity index (χ3v) is 15.5. The van der Waals surface area contributed by atoms with Crippen molar-refractivity contribution in [3.8, 4) is 0 Å². The fourth-order valence-corrected chi connectivity index (χ4v) is 10.4. The van der Waals surface area contributed by atoms with Crippen LogP contribution in [0.25, 0.3) is 0 Å². The molecule has 0 amide bonds. The van der Waals surface area contributed by atoms with Crippen molar-refractivity contribution in [3.05, 3.63) is 24.3 Å². The number of carbonyl (C=O) groups excluding carboxylic acids is 3. The summed E-state index contributed by atoms with van der Waals surface area (Å²) in [5, 5.41) is 31.6. The molecule has 0 aromatic carbocycles. The lowest BCUT2D eigenvalue weighted by atomic mass is 9.98. The van der Waals surface area contributed by atoms with Gasteiger partial charge in [-0.05, 0) is 70.6 Å². The van der Waals surface area contributed by atoms with E-state index in [4.69, 9.17) is 23.7 Å². The average Bonchev–Trinajstić information content (AvgIpc) is 3.46. The normalized spacial score (nSPS) is 17.9. The molecular weight excluding hydrogens is 997 g/mol. The maximum atomic E-state index is 13.2. The number of esters is 3. The fourth-order valence-electron chi connectivity index (χ4n) is 10.4. The Morgan fingerprint density at radius 1 is 0.405 bits per heavy atom. The Morgan fingerprint density at radius 3 is 1.08 bits per heavy atom. The number of allylic oxidation sites excluding steroid dienone is 4. The van der Waals surface area contributed by atoms with Gasteiger partial charge in [-0.15, -0.1) is 0 Å². The van der Waals surface area contributed by atoms with Crippen molar-refractivity contribution < 1.29 is 58.2 Å². The van der Waals surface area contributed by atoms with Crippen molar-refractivity contribution in [3.63, 3.8) is 0 Å². The van der Waals surface area contributed by atoms with Gasteiger partial charge in [0.2, 0.25) is 0 Å². The first-order chi connectivity index (χ1) is 38.6. The first kappa shape index (κ1) is 74.2. The second-order valence-electron chi connectivity index (χ2n) is 23.1. The van der Waals surface area contributed by atoms with Gasteiger partial charge in [-0.25, -0.2) is 4.79 Å². The van der Waals surface area contributed by atoms with E-state index in [-0.39, 0.29) is 25.9 Å². The van der Waals surface area contributed by atoms with E-state index < -0.39 is 67.3 Å².